The molecule has 0 unspecified atom stereocenters. The topological polar surface area (TPSA) is 78.1 Å². The molecule has 1 aliphatic rings. The second kappa shape index (κ2) is 9.94. The van der Waals surface area contributed by atoms with E-state index >= 15 is 0 Å². The number of carbonyl (C=O) groups is 1. The van der Waals surface area contributed by atoms with Crippen LogP contribution in [0, 0.1) is 5.82 Å². The van der Waals surface area contributed by atoms with Gasteiger partial charge in [0.1, 0.15) is 11.6 Å². The number of hydrogen-bond donors (Lipinski definition) is 2. The third-order valence-electron chi connectivity index (χ3n) is 6.21. The third-order valence-corrected chi connectivity index (χ3v) is 6.21. The van der Waals surface area contributed by atoms with Crippen LogP contribution < -0.4 is 15.8 Å². The van der Waals surface area contributed by atoms with Crippen LogP contribution in [0.4, 0.5) is 15.8 Å². The number of rotatable bonds is 7. The van der Waals surface area contributed by atoms with E-state index in [1.54, 1.807) is 30.3 Å². The average Bonchev–Trinajstić information content (AvgIpc) is 2.79. The second-order valence-corrected chi connectivity index (χ2v) is 8.50. The van der Waals surface area contributed by atoms with Crippen molar-refractivity contribution in [2.24, 2.45) is 0 Å². The van der Waals surface area contributed by atoms with Gasteiger partial charge in [0.2, 0.25) is 5.91 Å². The molecule has 0 spiro atoms. The molecule has 1 aliphatic carbocycles. The number of aromatic nitrogens is 2. The molecule has 6 nitrogen and oxygen atoms in total. The Morgan fingerprint density at radius 1 is 1.19 bits per heavy atom. The summed E-state index contributed by atoms with van der Waals surface area (Å²) in [7, 11) is 1.94. The molecule has 0 atom stereocenters. The van der Waals surface area contributed by atoms with Gasteiger partial charge in [-0.25, -0.2) is 9.37 Å². The standard InChI is InChI=1S/C25H29FN4O2/c1-30(18-8-3-2-4-9-18)22-15-14-17(16-20(22)26)27-24(31)13-7-12-23-28-21-11-6-5-10-19(21)25(32)29-23/h5-6,10-11,14-16,18H,2-4,7-9,12-13H2,1H3,(H,27,31)(H,28,29,32). The Kier molecular flexibility index (Phi) is 6.83. The molecule has 2 N–H and O–H groups in total. The Morgan fingerprint density at radius 3 is 2.75 bits per heavy atom. The lowest BCUT2D eigenvalue weighted by atomic mass is 9.94. The summed E-state index contributed by atoms with van der Waals surface area (Å²) in [5.74, 6) is 0.0392. The summed E-state index contributed by atoms with van der Waals surface area (Å²) < 4.78 is 14.7. The van der Waals surface area contributed by atoms with E-state index in [2.05, 4.69) is 15.3 Å². The summed E-state index contributed by atoms with van der Waals surface area (Å²) in [6, 6.07) is 12.4. The smallest absolute Gasteiger partial charge is 0.258 e. The van der Waals surface area contributed by atoms with E-state index in [9.17, 15) is 14.0 Å². The molecule has 4 rings (SSSR count). The minimum absolute atomic E-state index is 0.177. The van der Waals surface area contributed by atoms with Crippen molar-refractivity contribution in [1.29, 1.82) is 0 Å². The first-order chi connectivity index (χ1) is 15.5. The van der Waals surface area contributed by atoms with Crippen molar-refractivity contribution in [3.8, 4) is 0 Å². The van der Waals surface area contributed by atoms with Crippen molar-refractivity contribution < 1.29 is 9.18 Å². The van der Waals surface area contributed by atoms with E-state index in [0.29, 0.717) is 47.0 Å². The summed E-state index contributed by atoms with van der Waals surface area (Å²) in [4.78, 5) is 33.7. The number of anilines is 2. The van der Waals surface area contributed by atoms with E-state index in [1.165, 1.54) is 25.3 Å². The molecule has 168 valence electrons. The van der Waals surface area contributed by atoms with Crippen LogP contribution >= 0.6 is 0 Å². The number of amides is 1. The van der Waals surface area contributed by atoms with Gasteiger partial charge >= 0.3 is 0 Å². The Morgan fingerprint density at radius 2 is 1.97 bits per heavy atom. The van der Waals surface area contributed by atoms with Gasteiger partial charge in [-0.1, -0.05) is 31.4 Å². The van der Waals surface area contributed by atoms with Crippen molar-refractivity contribution in [1.82, 2.24) is 9.97 Å². The average molecular weight is 437 g/mol. The normalized spacial score (nSPS) is 14.4. The van der Waals surface area contributed by atoms with E-state index in [1.807, 2.05) is 18.0 Å². The van der Waals surface area contributed by atoms with Crippen LogP contribution in [-0.4, -0.2) is 29.0 Å². The number of halogens is 1. The number of aryl methyl sites for hydroxylation is 1. The van der Waals surface area contributed by atoms with Gasteiger partial charge in [-0.05, 0) is 49.6 Å². The highest BCUT2D eigenvalue weighted by atomic mass is 19.1. The molecule has 3 aromatic rings. The minimum atomic E-state index is -0.325. The fraction of sp³-hybridized carbons (Fsp3) is 0.400. The highest BCUT2D eigenvalue weighted by Gasteiger charge is 2.20. The molecule has 2 aromatic carbocycles. The van der Waals surface area contributed by atoms with Crippen LogP contribution in [0.1, 0.15) is 50.8 Å². The molecule has 1 saturated carbocycles. The summed E-state index contributed by atoms with van der Waals surface area (Å²) in [5.41, 5.74) is 1.49. The molecule has 0 radical (unpaired) electrons. The largest absolute Gasteiger partial charge is 0.369 e. The van der Waals surface area contributed by atoms with E-state index in [-0.39, 0.29) is 23.7 Å². The van der Waals surface area contributed by atoms with Crippen molar-refractivity contribution in [3.63, 3.8) is 0 Å². The number of fused-ring (bicyclic) bond motifs is 1. The quantitative estimate of drug-likeness (QED) is 0.558. The first kappa shape index (κ1) is 22.0. The second-order valence-electron chi connectivity index (χ2n) is 8.50. The molecule has 7 heteroatoms. The molecule has 1 amide bonds. The van der Waals surface area contributed by atoms with Gasteiger partial charge < -0.3 is 15.2 Å². The zero-order chi connectivity index (χ0) is 22.5. The van der Waals surface area contributed by atoms with Crippen molar-refractivity contribution >= 4 is 28.2 Å². The molecular weight excluding hydrogens is 407 g/mol. The molecule has 32 heavy (non-hydrogen) atoms. The summed E-state index contributed by atoms with van der Waals surface area (Å²) >= 11 is 0. The van der Waals surface area contributed by atoms with E-state index in [4.69, 9.17) is 0 Å². The van der Waals surface area contributed by atoms with Crippen molar-refractivity contribution in [2.45, 2.75) is 57.4 Å². The van der Waals surface area contributed by atoms with Gasteiger partial charge in [-0.15, -0.1) is 0 Å². The number of para-hydroxylation sites is 1. The van der Waals surface area contributed by atoms with Gasteiger partial charge in [0, 0.05) is 31.6 Å². The Labute approximate surface area is 186 Å². The molecule has 1 aromatic heterocycles. The summed E-state index contributed by atoms with van der Waals surface area (Å²) in [6.45, 7) is 0. The Bertz CT molecular complexity index is 1150. The van der Waals surface area contributed by atoms with Gasteiger partial charge in [0.05, 0.1) is 16.6 Å². The number of nitrogens with zero attached hydrogens (tertiary/aromatic N) is 2. The SMILES string of the molecule is CN(c1ccc(NC(=O)CCCc2nc3ccccc3c(=O)[nH]2)cc1F)C1CCCCC1. The number of H-pyrrole nitrogens is 1. The molecule has 0 bridgehead atoms. The predicted molar refractivity (Wildman–Crippen MR) is 126 cm³/mol. The van der Waals surface area contributed by atoms with Gasteiger partial charge in [0.15, 0.2) is 0 Å². The predicted octanol–water partition coefficient (Wildman–Crippen LogP) is 4.79. The highest BCUT2D eigenvalue weighted by Crippen LogP contribution is 2.29. The number of aromatic amines is 1. The molecule has 0 saturated heterocycles. The Hall–Kier alpha value is -3.22. The fourth-order valence-electron chi connectivity index (χ4n) is 4.43. The fourth-order valence-corrected chi connectivity index (χ4v) is 4.43. The van der Waals surface area contributed by atoms with Crippen LogP contribution in [0.3, 0.4) is 0 Å². The lowest BCUT2D eigenvalue weighted by Gasteiger charge is -2.33. The van der Waals surface area contributed by atoms with Crippen LogP contribution in [0.5, 0.6) is 0 Å². The highest BCUT2D eigenvalue weighted by molar-refractivity contribution is 5.90. The van der Waals surface area contributed by atoms with E-state index in [0.717, 1.165) is 12.8 Å². The number of hydrogen-bond acceptors (Lipinski definition) is 4. The zero-order valence-corrected chi connectivity index (χ0v) is 18.4. The Balaban J connectivity index is 1.31. The number of carbonyl (C=O) groups excluding carboxylic acids is 1. The number of nitrogens with one attached hydrogen (secondary N) is 2. The van der Waals surface area contributed by atoms with Gasteiger partial charge in [-0.2, -0.15) is 0 Å². The van der Waals surface area contributed by atoms with E-state index < -0.39 is 0 Å². The van der Waals surface area contributed by atoms with Crippen LogP contribution in [0.15, 0.2) is 47.3 Å². The van der Waals surface area contributed by atoms with Crippen LogP contribution in [0.2, 0.25) is 0 Å². The summed E-state index contributed by atoms with van der Waals surface area (Å²) in [5, 5.41) is 3.32. The molecule has 1 heterocycles. The zero-order valence-electron chi connectivity index (χ0n) is 18.4. The maximum absolute atomic E-state index is 14.7. The lowest BCUT2D eigenvalue weighted by molar-refractivity contribution is -0.116. The first-order valence-corrected chi connectivity index (χ1v) is 11.3. The van der Waals surface area contributed by atoms with Crippen molar-refractivity contribution in [2.75, 3.05) is 17.3 Å². The maximum atomic E-state index is 14.7. The number of benzene rings is 2. The lowest BCUT2D eigenvalue weighted by Crippen LogP contribution is -2.33. The monoisotopic (exact) mass is 436 g/mol. The first-order valence-electron chi connectivity index (χ1n) is 11.3. The maximum Gasteiger partial charge on any atom is 0.258 e. The van der Waals surface area contributed by atoms with Crippen LogP contribution in [-0.2, 0) is 11.2 Å². The van der Waals surface area contributed by atoms with Crippen LogP contribution in [0.25, 0.3) is 10.9 Å². The summed E-state index contributed by atoms with van der Waals surface area (Å²) in [6.07, 6.45) is 7.07. The molecule has 0 aliphatic heterocycles. The molecule has 1 fully saturated rings. The van der Waals surface area contributed by atoms with Gasteiger partial charge in [0.25, 0.3) is 5.56 Å². The van der Waals surface area contributed by atoms with Crippen molar-refractivity contribution in [3.05, 3.63) is 64.5 Å². The third kappa shape index (κ3) is 5.15. The minimum Gasteiger partial charge on any atom is -0.369 e. The van der Waals surface area contributed by atoms with Gasteiger partial charge in [-0.3, -0.25) is 9.59 Å². The molecular formula is C25H29FN4O2.